The zero-order valence-corrected chi connectivity index (χ0v) is 12.0. The number of ether oxygens (including phenoxy) is 2. The summed E-state index contributed by atoms with van der Waals surface area (Å²) in [5.41, 5.74) is 4.29. The van der Waals surface area contributed by atoms with Crippen molar-refractivity contribution in [1.29, 1.82) is 0 Å². The third-order valence-electron chi connectivity index (χ3n) is 1.85. The fraction of sp³-hybridized carbons (Fsp3) is 0.727. The second kappa shape index (κ2) is 7.83. The van der Waals surface area contributed by atoms with Crippen LogP contribution in [-0.4, -0.2) is 35.7 Å². The summed E-state index contributed by atoms with van der Waals surface area (Å²) in [5.74, 6) is -1.34. The van der Waals surface area contributed by atoms with Crippen molar-refractivity contribution in [3.8, 4) is 0 Å². The molecule has 7 nitrogen and oxygen atoms in total. The smallest absolute Gasteiger partial charge is 0.408 e. The molecule has 1 unspecified atom stereocenters. The monoisotopic (exact) mass is 294 g/mol. The van der Waals surface area contributed by atoms with Crippen molar-refractivity contribution < 1.29 is 23.9 Å². The number of amides is 2. The van der Waals surface area contributed by atoms with Crippen LogP contribution in [0.25, 0.3) is 0 Å². The van der Waals surface area contributed by atoms with Crippen molar-refractivity contribution in [2.75, 3.05) is 6.07 Å². The molecule has 0 aromatic heterocycles. The highest BCUT2D eigenvalue weighted by Gasteiger charge is 2.25. The molecule has 0 saturated carbocycles. The molecule has 0 saturated heterocycles. The van der Waals surface area contributed by atoms with Gasteiger partial charge in [-0.05, 0) is 27.2 Å². The molecule has 0 spiro atoms. The Hall–Kier alpha value is -1.50. The fourth-order valence-corrected chi connectivity index (χ4v) is 1.25. The van der Waals surface area contributed by atoms with Gasteiger partial charge in [-0.3, -0.25) is 4.79 Å². The van der Waals surface area contributed by atoms with Crippen LogP contribution >= 0.6 is 11.6 Å². The maximum absolute atomic E-state index is 11.5. The zero-order chi connectivity index (χ0) is 15.1. The predicted octanol–water partition coefficient (Wildman–Crippen LogP) is 0.885. The molecule has 0 aromatic rings. The molecule has 0 radical (unpaired) electrons. The van der Waals surface area contributed by atoms with Gasteiger partial charge in [0.1, 0.15) is 11.6 Å². The first-order valence-corrected chi connectivity index (χ1v) is 6.19. The Morgan fingerprint density at radius 1 is 1.32 bits per heavy atom. The average molecular weight is 295 g/mol. The molecule has 0 aliphatic carbocycles. The summed E-state index contributed by atoms with van der Waals surface area (Å²) in [5, 5.41) is 2.31. The van der Waals surface area contributed by atoms with E-state index in [1.807, 2.05) is 0 Å². The lowest BCUT2D eigenvalue weighted by Crippen LogP contribution is -2.44. The number of carbonyl (C=O) groups is 3. The Morgan fingerprint density at radius 2 is 1.89 bits per heavy atom. The molecule has 3 N–H and O–H groups in total. The fourth-order valence-electron chi connectivity index (χ4n) is 1.14. The van der Waals surface area contributed by atoms with E-state index >= 15 is 0 Å². The molecular formula is C11H19ClN2O5. The lowest BCUT2D eigenvalue weighted by Gasteiger charge is -2.22. The lowest BCUT2D eigenvalue weighted by atomic mass is 10.1. The Bertz CT molecular complexity index is 340. The minimum absolute atomic E-state index is 0.0182. The zero-order valence-electron chi connectivity index (χ0n) is 11.2. The largest absolute Gasteiger partial charge is 0.448 e. The SMILES string of the molecule is CC(C)(C)OC(=O)NC(CCC(N)=O)C(=O)OCCl. The molecule has 2 amide bonds. The molecule has 0 aliphatic rings. The lowest BCUT2D eigenvalue weighted by molar-refractivity contribution is -0.144. The summed E-state index contributed by atoms with van der Waals surface area (Å²) in [6.07, 6.45) is -0.837. The van der Waals surface area contributed by atoms with Gasteiger partial charge in [0.05, 0.1) is 0 Å². The maximum atomic E-state index is 11.5. The standard InChI is InChI=1S/C11H19ClN2O5/c1-11(2,3)19-10(17)14-7(4-5-8(13)15)9(16)18-6-12/h7H,4-6H2,1-3H3,(H2,13,15)(H,14,17). The number of nitrogens with two attached hydrogens (primary N) is 1. The summed E-state index contributed by atoms with van der Waals surface area (Å²) in [7, 11) is 0. The van der Waals surface area contributed by atoms with E-state index < -0.39 is 29.6 Å². The van der Waals surface area contributed by atoms with Gasteiger partial charge in [-0.1, -0.05) is 11.6 Å². The molecule has 0 rings (SSSR count). The van der Waals surface area contributed by atoms with Crippen LogP contribution < -0.4 is 11.1 Å². The van der Waals surface area contributed by atoms with Crippen molar-refractivity contribution in [2.24, 2.45) is 5.73 Å². The molecule has 0 fully saturated rings. The van der Waals surface area contributed by atoms with Gasteiger partial charge in [0.15, 0.2) is 6.07 Å². The van der Waals surface area contributed by atoms with Gasteiger partial charge in [-0.2, -0.15) is 0 Å². The van der Waals surface area contributed by atoms with Gasteiger partial charge in [-0.15, -0.1) is 0 Å². The quantitative estimate of drug-likeness (QED) is 0.558. The number of carbonyl (C=O) groups excluding carboxylic acids is 3. The molecule has 0 aromatic carbocycles. The summed E-state index contributed by atoms with van der Waals surface area (Å²) in [6.45, 7) is 5.05. The van der Waals surface area contributed by atoms with Gasteiger partial charge in [-0.25, -0.2) is 9.59 Å². The van der Waals surface area contributed by atoms with E-state index in [0.29, 0.717) is 0 Å². The normalized spacial score (nSPS) is 12.4. The van der Waals surface area contributed by atoms with E-state index in [1.54, 1.807) is 20.8 Å². The first-order chi connectivity index (χ1) is 8.65. The topological polar surface area (TPSA) is 108 Å². The summed E-state index contributed by atoms with van der Waals surface area (Å²) in [4.78, 5) is 33.8. The van der Waals surface area contributed by atoms with E-state index in [2.05, 4.69) is 10.1 Å². The van der Waals surface area contributed by atoms with E-state index in [4.69, 9.17) is 22.1 Å². The average Bonchev–Trinajstić information content (AvgIpc) is 2.21. The number of primary amides is 1. The van der Waals surface area contributed by atoms with Crippen molar-refractivity contribution in [1.82, 2.24) is 5.32 Å². The van der Waals surface area contributed by atoms with E-state index in [9.17, 15) is 14.4 Å². The summed E-state index contributed by atoms with van der Waals surface area (Å²) >= 11 is 5.27. The highest BCUT2D eigenvalue weighted by atomic mass is 35.5. The first-order valence-electron chi connectivity index (χ1n) is 5.66. The van der Waals surface area contributed by atoms with E-state index in [0.717, 1.165) is 0 Å². The van der Waals surface area contributed by atoms with Crippen molar-refractivity contribution in [2.45, 2.75) is 45.3 Å². The van der Waals surface area contributed by atoms with Crippen LogP contribution in [0.5, 0.6) is 0 Å². The molecule has 8 heteroatoms. The summed E-state index contributed by atoms with van der Waals surface area (Å²) in [6, 6.07) is -1.37. The third-order valence-corrected chi connectivity index (χ3v) is 1.96. The van der Waals surface area contributed by atoms with Crippen molar-refractivity contribution >= 4 is 29.6 Å². The second-order valence-electron chi connectivity index (χ2n) is 4.78. The Morgan fingerprint density at radius 3 is 2.32 bits per heavy atom. The minimum Gasteiger partial charge on any atom is -0.448 e. The van der Waals surface area contributed by atoms with Crippen LogP contribution in [0.2, 0.25) is 0 Å². The highest BCUT2D eigenvalue weighted by Crippen LogP contribution is 2.08. The predicted molar refractivity (Wildman–Crippen MR) is 68.4 cm³/mol. The maximum Gasteiger partial charge on any atom is 0.408 e. The number of hydrogen-bond donors (Lipinski definition) is 2. The highest BCUT2D eigenvalue weighted by molar-refractivity contribution is 6.17. The van der Waals surface area contributed by atoms with Gasteiger partial charge in [0.25, 0.3) is 0 Å². The number of nitrogens with one attached hydrogen (secondary N) is 1. The number of esters is 1. The minimum atomic E-state index is -1.03. The Kier molecular flexibility index (Phi) is 7.21. The van der Waals surface area contributed by atoms with Crippen LogP contribution in [0.1, 0.15) is 33.6 Å². The Labute approximate surface area is 116 Å². The molecular weight excluding hydrogens is 276 g/mol. The van der Waals surface area contributed by atoms with Gasteiger partial charge in [0.2, 0.25) is 5.91 Å². The van der Waals surface area contributed by atoms with E-state index in [-0.39, 0.29) is 18.9 Å². The van der Waals surface area contributed by atoms with Gasteiger partial charge in [0, 0.05) is 6.42 Å². The summed E-state index contributed by atoms with van der Waals surface area (Å²) < 4.78 is 9.57. The van der Waals surface area contributed by atoms with Crippen molar-refractivity contribution in [3.63, 3.8) is 0 Å². The van der Waals surface area contributed by atoms with Crippen LogP contribution in [0.3, 0.4) is 0 Å². The second-order valence-corrected chi connectivity index (χ2v) is 4.99. The number of alkyl carbamates (subject to hydrolysis) is 1. The number of hydrogen-bond acceptors (Lipinski definition) is 5. The molecule has 1 atom stereocenters. The number of halogens is 1. The van der Waals surface area contributed by atoms with Crippen molar-refractivity contribution in [3.05, 3.63) is 0 Å². The van der Waals surface area contributed by atoms with Gasteiger partial charge < -0.3 is 20.5 Å². The number of rotatable bonds is 6. The van der Waals surface area contributed by atoms with E-state index in [1.165, 1.54) is 0 Å². The van der Waals surface area contributed by atoms with Gasteiger partial charge >= 0.3 is 12.1 Å². The molecule has 0 aliphatic heterocycles. The third kappa shape index (κ3) is 9.12. The Balaban J connectivity index is 4.52. The molecule has 19 heavy (non-hydrogen) atoms. The number of alkyl halides is 1. The van der Waals surface area contributed by atoms with Crippen LogP contribution in [0.4, 0.5) is 4.79 Å². The molecule has 0 bridgehead atoms. The molecule has 110 valence electrons. The first kappa shape index (κ1) is 17.5. The molecule has 0 heterocycles. The van der Waals surface area contributed by atoms with Crippen LogP contribution in [0, 0.1) is 0 Å². The van der Waals surface area contributed by atoms with Crippen LogP contribution in [-0.2, 0) is 19.1 Å². The van der Waals surface area contributed by atoms with Crippen LogP contribution in [0.15, 0.2) is 0 Å².